The molecule has 1 aliphatic heterocycles. The maximum Gasteiger partial charge on any atom is 0.222 e. The van der Waals surface area contributed by atoms with Crippen molar-refractivity contribution >= 4 is 33.2 Å². The first-order chi connectivity index (χ1) is 10.2. The number of piperidine rings is 1. The minimum atomic E-state index is 0.297. The van der Waals surface area contributed by atoms with E-state index in [1.165, 1.54) is 4.88 Å². The van der Waals surface area contributed by atoms with Crippen LogP contribution < -0.4 is 0 Å². The van der Waals surface area contributed by atoms with Crippen molar-refractivity contribution in [2.75, 3.05) is 13.1 Å². The van der Waals surface area contributed by atoms with Gasteiger partial charge in [-0.25, -0.2) is 0 Å². The highest BCUT2D eigenvalue weighted by molar-refractivity contribution is 9.10. The molecule has 0 N–H and O–H groups in total. The number of aryl methyl sites for hydroxylation is 1. The van der Waals surface area contributed by atoms with Crippen LogP contribution in [0.4, 0.5) is 0 Å². The molecule has 0 radical (unpaired) electrons. The Morgan fingerprint density at radius 3 is 2.62 bits per heavy atom. The first-order valence-electron chi connectivity index (χ1n) is 7.35. The van der Waals surface area contributed by atoms with Crippen LogP contribution in [0.5, 0.6) is 0 Å². The first kappa shape index (κ1) is 14.9. The number of carbonyl (C=O) groups excluding carboxylic acids is 1. The fraction of sp³-hybridized carbons (Fsp3) is 0.438. The number of hydrogen-bond acceptors (Lipinski definition) is 2. The summed E-state index contributed by atoms with van der Waals surface area (Å²) in [6.45, 7) is 1.77. The van der Waals surface area contributed by atoms with E-state index in [0.29, 0.717) is 18.4 Å². The van der Waals surface area contributed by atoms with Crippen molar-refractivity contribution in [3.63, 3.8) is 0 Å². The number of carbonyl (C=O) groups is 1. The third-order valence-corrected chi connectivity index (χ3v) is 5.83. The maximum absolute atomic E-state index is 12.3. The van der Waals surface area contributed by atoms with Gasteiger partial charge in [0.25, 0.3) is 0 Å². The maximum atomic E-state index is 12.3. The molecule has 0 aromatic carbocycles. The molecule has 1 amide bonds. The summed E-state index contributed by atoms with van der Waals surface area (Å²) in [6.07, 6.45) is 7.84. The van der Waals surface area contributed by atoms with E-state index in [1.54, 1.807) is 11.3 Å². The predicted octanol–water partition coefficient (Wildman–Crippen LogP) is 4.11. The zero-order valence-corrected chi connectivity index (χ0v) is 14.3. The SMILES string of the molecule is O=C(CCc1cc(Br)cs1)N1CCC(n2cccc2)CC1. The van der Waals surface area contributed by atoms with E-state index in [2.05, 4.69) is 56.5 Å². The van der Waals surface area contributed by atoms with Gasteiger partial charge in [-0.15, -0.1) is 11.3 Å². The molecule has 1 fully saturated rings. The molecule has 5 heteroatoms. The van der Waals surface area contributed by atoms with E-state index in [4.69, 9.17) is 0 Å². The van der Waals surface area contributed by atoms with Crippen LogP contribution in [0, 0.1) is 0 Å². The smallest absolute Gasteiger partial charge is 0.222 e. The summed E-state index contributed by atoms with van der Waals surface area (Å²) < 4.78 is 3.38. The van der Waals surface area contributed by atoms with Crippen LogP contribution in [0.3, 0.4) is 0 Å². The Balaban J connectivity index is 1.46. The predicted molar refractivity (Wildman–Crippen MR) is 89.6 cm³/mol. The summed E-state index contributed by atoms with van der Waals surface area (Å²) in [5.41, 5.74) is 0. The van der Waals surface area contributed by atoms with E-state index in [-0.39, 0.29) is 0 Å². The number of likely N-dealkylation sites (tertiary alicyclic amines) is 1. The Bertz CT molecular complexity index is 585. The molecule has 2 aromatic rings. The lowest BCUT2D eigenvalue weighted by Crippen LogP contribution is -2.39. The fourth-order valence-corrected chi connectivity index (χ4v) is 4.33. The van der Waals surface area contributed by atoms with Gasteiger partial charge in [0.05, 0.1) is 0 Å². The van der Waals surface area contributed by atoms with Crippen LogP contribution in [0.2, 0.25) is 0 Å². The molecule has 3 rings (SSSR count). The highest BCUT2D eigenvalue weighted by Gasteiger charge is 2.23. The van der Waals surface area contributed by atoms with E-state index in [0.717, 1.165) is 36.8 Å². The van der Waals surface area contributed by atoms with E-state index in [9.17, 15) is 4.79 Å². The molecule has 3 heterocycles. The summed E-state index contributed by atoms with van der Waals surface area (Å²) in [7, 11) is 0. The lowest BCUT2D eigenvalue weighted by atomic mass is 10.0. The van der Waals surface area contributed by atoms with Crippen LogP contribution >= 0.6 is 27.3 Å². The molecular weight excluding hydrogens is 348 g/mol. The largest absolute Gasteiger partial charge is 0.351 e. The highest BCUT2D eigenvalue weighted by atomic mass is 79.9. The van der Waals surface area contributed by atoms with Crippen molar-refractivity contribution in [1.82, 2.24) is 9.47 Å². The van der Waals surface area contributed by atoms with Gasteiger partial charge >= 0.3 is 0 Å². The topological polar surface area (TPSA) is 25.2 Å². The second kappa shape index (κ2) is 6.79. The van der Waals surface area contributed by atoms with Gasteiger partial charge in [-0.1, -0.05) is 0 Å². The number of thiophene rings is 1. The molecule has 112 valence electrons. The molecule has 0 saturated carbocycles. The van der Waals surface area contributed by atoms with Gasteiger partial charge in [-0.3, -0.25) is 4.79 Å². The molecule has 0 atom stereocenters. The zero-order valence-electron chi connectivity index (χ0n) is 11.9. The van der Waals surface area contributed by atoms with Gasteiger partial charge < -0.3 is 9.47 Å². The molecule has 3 nitrogen and oxygen atoms in total. The molecule has 0 aliphatic carbocycles. The molecule has 0 spiro atoms. The number of nitrogens with zero attached hydrogens (tertiary/aromatic N) is 2. The van der Waals surface area contributed by atoms with E-state index < -0.39 is 0 Å². The second-order valence-corrected chi connectivity index (χ2v) is 7.38. The van der Waals surface area contributed by atoms with Gasteiger partial charge in [0.1, 0.15) is 0 Å². The third-order valence-electron chi connectivity index (χ3n) is 4.07. The quantitative estimate of drug-likeness (QED) is 0.799. The minimum Gasteiger partial charge on any atom is -0.351 e. The highest BCUT2D eigenvalue weighted by Crippen LogP contribution is 2.24. The number of rotatable bonds is 4. The van der Waals surface area contributed by atoms with Gasteiger partial charge in [0.2, 0.25) is 5.91 Å². The number of aromatic nitrogens is 1. The Morgan fingerprint density at radius 1 is 1.29 bits per heavy atom. The fourth-order valence-electron chi connectivity index (χ4n) is 2.88. The Hall–Kier alpha value is -1.07. The minimum absolute atomic E-state index is 0.297. The molecule has 21 heavy (non-hydrogen) atoms. The van der Waals surface area contributed by atoms with Gasteiger partial charge in [0, 0.05) is 52.7 Å². The van der Waals surface area contributed by atoms with Gasteiger partial charge in [-0.2, -0.15) is 0 Å². The average Bonchev–Trinajstić information content (AvgIpc) is 3.16. The van der Waals surface area contributed by atoms with Crippen LogP contribution in [-0.2, 0) is 11.2 Å². The van der Waals surface area contributed by atoms with Crippen molar-refractivity contribution in [2.24, 2.45) is 0 Å². The first-order valence-corrected chi connectivity index (χ1v) is 9.03. The van der Waals surface area contributed by atoms with Crippen molar-refractivity contribution in [2.45, 2.75) is 31.7 Å². The summed E-state index contributed by atoms with van der Waals surface area (Å²) in [4.78, 5) is 15.6. The van der Waals surface area contributed by atoms with Crippen molar-refractivity contribution in [1.29, 1.82) is 0 Å². The average molecular weight is 367 g/mol. The van der Waals surface area contributed by atoms with Crippen LogP contribution in [-0.4, -0.2) is 28.5 Å². The standard InChI is InChI=1S/C16H19BrN2OS/c17-13-11-15(21-12-13)3-4-16(20)19-9-5-14(6-10-19)18-7-1-2-8-18/h1-2,7-8,11-12,14H,3-6,9-10H2. The molecular formula is C16H19BrN2OS. The summed E-state index contributed by atoms with van der Waals surface area (Å²) in [5.74, 6) is 0.297. The van der Waals surface area contributed by atoms with E-state index >= 15 is 0 Å². The summed E-state index contributed by atoms with van der Waals surface area (Å²) in [6, 6.07) is 6.79. The molecule has 1 aliphatic rings. The molecule has 2 aromatic heterocycles. The van der Waals surface area contributed by atoms with Crippen LogP contribution in [0.25, 0.3) is 0 Å². The van der Waals surface area contributed by atoms with Crippen LogP contribution in [0.1, 0.15) is 30.2 Å². The molecule has 0 unspecified atom stereocenters. The summed E-state index contributed by atoms with van der Waals surface area (Å²) in [5, 5.41) is 2.07. The number of halogens is 1. The van der Waals surface area contributed by atoms with Crippen molar-refractivity contribution in [3.8, 4) is 0 Å². The van der Waals surface area contributed by atoms with Crippen molar-refractivity contribution in [3.05, 3.63) is 45.3 Å². The molecule has 1 saturated heterocycles. The van der Waals surface area contributed by atoms with Crippen molar-refractivity contribution < 1.29 is 4.79 Å². The van der Waals surface area contributed by atoms with E-state index in [1.807, 2.05) is 4.90 Å². The normalized spacial score (nSPS) is 16.3. The van der Waals surface area contributed by atoms with Gasteiger partial charge in [0.15, 0.2) is 0 Å². The Kier molecular flexibility index (Phi) is 4.80. The Labute approximate surface area is 137 Å². The third kappa shape index (κ3) is 3.77. The Morgan fingerprint density at radius 2 is 2.00 bits per heavy atom. The number of hydrogen-bond donors (Lipinski definition) is 0. The molecule has 0 bridgehead atoms. The number of amides is 1. The lowest BCUT2D eigenvalue weighted by molar-refractivity contribution is -0.132. The second-order valence-electron chi connectivity index (χ2n) is 5.47. The monoisotopic (exact) mass is 366 g/mol. The van der Waals surface area contributed by atoms with Gasteiger partial charge in [-0.05, 0) is 53.4 Å². The summed E-state index contributed by atoms with van der Waals surface area (Å²) >= 11 is 5.17. The van der Waals surface area contributed by atoms with Crippen LogP contribution in [0.15, 0.2) is 40.4 Å². The zero-order chi connectivity index (χ0) is 14.7. The lowest BCUT2D eigenvalue weighted by Gasteiger charge is -2.32.